The van der Waals surface area contributed by atoms with Crippen LogP contribution in [0.4, 0.5) is 0 Å². The van der Waals surface area contributed by atoms with Gasteiger partial charge in [0.2, 0.25) is 5.88 Å². The molecule has 0 saturated carbocycles. The molecule has 2 unspecified atom stereocenters. The molecule has 2 aromatic rings. The first-order valence-corrected chi connectivity index (χ1v) is 6.88. The minimum absolute atomic E-state index is 0.0171. The highest BCUT2D eigenvalue weighted by Crippen LogP contribution is 2.31. The number of aliphatic hydroxyl groups excluding tert-OH is 2. The van der Waals surface area contributed by atoms with E-state index in [1.54, 1.807) is 10.9 Å². The van der Waals surface area contributed by atoms with E-state index in [-0.39, 0.29) is 12.7 Å². The number of hydrogen-bond acceptors (Lipinski definition) is 7. The first-order chi connectivity index (χ1) is 10.1. The third-order valence-electron chi connectivity index (χ3n) is 3.37. The molecule has 21 heavy (non-hydrogen) atoms. The van der Waals surface area contributed by atoms with Crippen LogP contribution in [0.25, 0.3) is 11.2 Å². The second kappa shape index (κ2) is 5.55. The minimum Gasteiger partial charge on any atom is -0.473 e. The summed E-state index contributed by atoms with van der Waals surface area (Å²) in [6.07, 6.45) is 1.66. The van der Waals surface area contributed by atoms with Crippen LogP contribution in [0, 0.1) is 0 Å². The van der Waals surface area contributed by atoms with Gasteiger partial charge in [0.05, 0.1) is 25.1 Å². The topological polar surface area (TPSA) is 103 Å². The maximum Gasteiger partial charge on any atom is 0.245 e. The molecular weight excluding hydrogens is 276 g/mol. The molecule has 114 valence electrons. The van der Waals surface area contributed by atoms with Crippen molar-refractivity contribution in [3.63, 3.8) is 0 Å². The Bertz CT molecular complexity index is 630. The Balaban J connectivity index is 1.94. The number of aliphatic hydroxyl groups is 2. The lowest BCUT2D eigenvalue weighted by molar-refractivity contribution is -0.0432. The van der Waals surface area contributed by atoms with Gasteiger partial charge in [-0.1, -0.05) is 0 Å². The Morgan fingerprint density at radius 3 is 2.90 bits per heavy atom. The van der Waals surface area contributed by atoms with E-state index < -0.39 is 18.4 Å². The van der Waals surface area contributed by atoms with Crippen LogP contribution in [0.2, 0.25) is 0 Å². The summed E-state index contributed by atoms with van der Waals surface area (Å²) in [5.74, 6) is 0.422. The number of aromatic nitrogens is 4. The minimum atomic E-state index is -0.703. The lowest BCUT2D eigenvalue weighted by atomic mass is 10.2. The van der Waals surface area contributed by atoms with Gasteiger partial charge in [-0.05, 0) is 13.8 Å². The van der Waals surface area contributed by atoms with Crippen molar-refractivity contribution in [1.82, 2.24) is 19.5 Å². The molecule has 8 heteroatoms. The summed E-state index contributed by atoms with van der Waals surface area (Å²) in [4.78, 5) is 12.6. The molecule has 0 spiro atoms. The van der Waals surface area contributed by atoms with Gasteiger partial charge in [0.15, 0.2) is 11.2 Å². The third-order valence-corrected chi connectivity index (χ3v) is 3.37. The van der Waals surface area contributed by atoms with E-state index in [9.17, 15) is 5.11 Å². The van der Waals surface area contributed by atoms with E-state index in [0.29, 0.717) is 23.5 Å². The third kappa shape index (κ3) is 2.57. The molecule has 3 atom stereocenters. The maximum atomic E-state index is 9.83. The molecule has 0 bridgehead atoms. The van der Waals surface area contributed by atoms with Crippen LogP contribution in [0.1, 0.15) is 26.5 Å². The smallest absolute Gasteiger partial charge is 0.245 e. The number of fused-ring (bicyclic) bond motifs is 1. The summed E-state index contributed by atoms with van der Waals surface area (Å²) in [6, 6.07) is 0. The van der Waals surface area contributed by atoms with Gasteiger partial charge in [-0.15, -0.1) is 0 Å². The Kier molecular flexibility index (Phi) is 3.75. The van der Waals surface area contributed by atoms with Crippen molar-refractivity contribution in [3.05, 3.63) is 12.7 Å². The maximum absolute atomic E-state index is 9.83. The molecule has 0 radical (unpaired) electrons. The zero-order valence-electron chi connectivity index (χ0n) is 11.9. The van der Waals surface area contributed by atoms with E-state index in [4.69, 9.17) is 14.6 Å². The van der Waals surface area contributed by atoms with Gasteiger partial charge in [0.1, 0.15) is 18.7 Å². The zero-order chi connectivity index (χ0) is 15.0. The van der Waals surface area contributed by atoms with E-state index >= 15 is 0 Å². The zero-order valence-corrected chi connectivity index (χ0v) is 11.9. The SMILES string of the molecule is CC(C)Oc1ncnc2c1ncn2C1C[C@@H](O)C(CO)O1. The van der Waals surface area contributed by atoms with E-state index in [2.05, 4.69) is 15.0 Å². The number of hydrogen-bond donors (Lipinski definition) is 2. The Morgan fingerprint density at radius 1 is 1.43 bits per heavy atom. The van der Waals surface area contributed by atoms with E-state index in [1.807, 2.05) is 13.8 Å². The highest BCUT2D eigenvalue weighted by molar-refractivity contribution is 5.76. The molecular formula is C13H18N4O4. The van der Waals surface area contributed by atoms with Crippen molar-refractivity contribution in [3.8, 4) is 5.88 Å². The Labute approximate surface area is 121 Å². The fourth-order valence-electron chi connectivity index (χ4n) is 2.40. The van der Waals surface area contributed by atoms with Crippen molar-refractivity contribution in [2.24, 2.45) is 0 Å². The van der Waals surface area contributed by atoms with Crippen LogP contribution in [0.5, 0.6) is 5.88 Å². The average Bonchev–Trinajstić information content (AvgIpc) is 3.02. The molecule has 1 aliphatic rings. The highest BCUT2D eigenvalue weighted by atomic mass is 16.5. The molecule has 3 rings (SSSR count). The van der Waals surface area contributed by atoms with Gasteiger partial charge in [0.25, 0.3) is 0 Å². The van der Waals surface area contributed by atoms with Crippen molar-refractivity contribution in [2.45, 2.75) is 44.8 Å². The van der Waals surface area contributed by atoms with Crippen molar-refractivity contribution >= 4 is 11.2 Å². The second-order valence-electron chi connectivity index (χ2n) is 5.28. The Hall–Kier alpha value is -1.77. The number of ether oxygens (including phenoxy) is 2. The molecule has 0 aromatic carbocycles. The van der Waals surface area contributed by atoms with Gasteiger partial charge in [-0.25, -0.2) is 9.97 Å². The Morgan fingerprint density at radius 2 is 2.24 bits per heavy atom. The second-order valence-corrected chi connectivity index (χ2v) is 5.28. The van der Waals surface area contributed by atoms with Gasteiger partial charge < -0.3 is 19.7 Å². The highest BCUT2D eigenvalue weighted by Gasteiger charge is 2.35. The van der Waals surface area contributed by atoms with Crippen LogP contribution in [0.3, 0.4) is 0 Å². The van der Waals surface area contributed by atoms with Gasteiger partial charge >= 0.3 is 0 Å². The molecule has 2 aromatic heterocycles. The molecule has 8 nitrogen and oxygen atoms in total. The van der Waals surface area contributed by atoms with Crippen LogP contribution < -0.4 is 4.74 Å². The number of nitrogens with zero attached hydrogens (tertiary/aromatic N) is 4. The number of imidazole rings is 1. The lowest BCUT2D eigenvalue weighted by Crippen LogP contribution is -2.24. The standard InChI is InChI=1S/C13H18N4O4/c1-7(2)20-13-11-12(14-5-15-13)17(6-16-11)10-3-8(19)9(4-18)21-10/h5-10,18-19H,3-4H2,1-2H3/t8-,9?,10?/m1/s1. The van der Waals surface area contributed by atoms with Crippen LogP contribution >= 0.6 is 0 Å². The van der Waals surface area contributed by atoms with Crippen molar-refractivity contribution < 1.29 is 19.7 Å². The molecule has 1 saturated heterocycles. The summed E-state index contributed by atoms with van der Waals surface area (Å²) in [7, 11) is 0. The molecule has 2 N–H and O–H groups in total. The molecule has 1 fully saturated rings. The summed E-state index contributed by atoms with van der Waals surface area (Å²) in [6.45, 7) is 3.60. The summed E-state index contributed by atoms with van der Waals surface area (Å²) in [5.41, 5.74) is 1.13. The summed E-state index contributed by atoms with van der Waals surface area (Å²) < 4.78 is 13.0. The fraction of sp³-hybridized carbons (Fsp3) is 0.615. The summed E-state index contributed by atoms with van der Waals surface area (Å²) >= 11 is 0. The largest absolute Gasteiger partial charge is 0.473 e. The molecule has 1 aliphatic heterocycles. The van der Waals surface area contributed by atoms with Crippen molar-refractivity contribution in [1.29, 1.82) is 0 Å². The monoisotopic (exact) mass is 294 g/mol. The van der Waals surface area contributed by atoms with Gasteiger partial charge in [0, 0.05) is 6.42 Å². The first-order valence-electron chi connectivity index (χ1n) is 6.88. The predicted molar refractivity (Wildman–Crippen MR) is 72.7 cm³/mol. The number of rotatable bonds is 4. The normalized spacial score (nSPS) is 25.9. The first kappa shape index (κ1) is 14.2. The van der Waals surface area contributed by atoms with Crippen LogP contribution in [-0.4, -0.2) is 54.7 Å². The van der Waals surface area contributed by atoms with E-state index in [0.717, 1.165) is 0 Å². The summed E-state index contributed by atoms with van der Waals surface area (Å²) in [5, 5.41) is 19.0. The molecule has 3 heterocycles. The van der Waals surface area contributed by atoms with Crippen LogP contribution in [0.15, 0.2) is 12.7 Å². The molecule has 0 amide bonds. The van der Waals surface area contributed by atoms with E-state index in [1.165, 1.54) is 6.33 Å². The van der Waals surface area contributed by atoms with Gasteiger partial charge in [-0.3, -0.25) is 4.57 Å². The predicted octanol–water partition coefficient (Wildman–Crippen LogP) is 0.254. The lowest BCUT2D eigenvalue weighted by Gasteiger charge is -2.14. The average molecular weight is 294 g/mol. The van der Waals surface area contributed by atoms with Gasteiger partial charge in [-0.2, -0.15) is 4.98 Å². The van der Waals surface area contributed by atoms with Crippen LogP contribution in [-0.2, 0) is 4.74 Å². The quantitative estimate of drug-likeness (QED) is 0.833. The molecule has 0 aliphatic carbocycles. The van der Waals surface area contributed by atoms with Crippen molar-refractivity contribution in [2.75, 3.05) is 6.61 Å². The fourth-order valence-corrected chi connectivity index (χ4v) is 2.40.